The molecule has 1 aromatic carbocycles. The molecule has 20 heavy (non-hydrogen) atoms. The second-order valence-corrected chi connectivity index (χ2v) is 5.91. The molecule has 0 saturated heterocycles. The molecule has 0 atom stereocenters. The predicted octanol–water partition coefficient (Wildman–Crippen LogP) is 4.69. The van der Waals surface area contributed by atoms with E-state index in [1.54, 1.807) is 0 Å². The fourth-order valence-electron chi connectivity index (χ4n) is 1.53. The highest BCUT2D eigenvalue weighted by Crippen LogP contribution is 2.24. The van der Waals surface area contributed by atoms with Crippen LogP contribution in [0.4, 0.5) is 13.2 Å². The van der Waals surface area contributed by atoms with Gasteiger partial charge in [0.2, 0.25) is 0 Å². The van der Waals surface area contributed by atoms with Gasteiger partial charge in [-0.15, -0.1) is 11.3 Å². The van der Waals surface area contributed by atoms with Crippen molar-refractivity contribution in [1.82, 2.24) is 4.98 Å². The van der Waals surface area contributed by atoms with Crippen LogP contribution in [0.2, 0.25) is 0 Å². The van der Waals surface area contributed by atoms with Crippen LogP contribution in [0.5, 0.6) is 0 Å². The zero-order valence-electron chi connectivity index (χ0n) is 10.3. The van der Waals surface area contributed by atoms with Gasteiger partial charge in [0.05, 0.1) is 17.3 Å². The van der Waals surface area contributed by atoms with E-state index < -0.39 is 12.8 Å². The van der Waals surface area contributed by atoms with E-state index in [0.29, 0.717) is 6.42 Å². The van der Waals surface area contributed by atoms with Crippen LogP contribution in [-0.4, -0.2) is 24.4 Å². The van der Waals surface area contributed by atoms with Gasteiger partial charge in [0.25, 0.3) is 0 Å². The summed E-state index contributed by atoms with van der Waals surface area (Å²) in [5.41, 5.74) is 1.81. The first-order chi connectivity index (χ1) is 9.44. The van der Waals surface area contributed by atoms with Gasteiger partial charge in [-0.3, -0.25) is 0 Å². The molecule has 0 aliphatic rings. The average Bonchev–Trinajstić information content (AvgIpc) is 2.83. The SMILES string of the molecule is FC(F)(F)COCCc1nc(-c2ccc(Br)cc2)cs1. The Kier molecular flexibility index (Phi) is 5.17. The first-order valence-electron chi connectivity index (χ1n) is 5.79. The highest BCUT2D eigenvalue weighted by Gasteiger charge is 2.27. The van der Waals surface area contributed by atoms with Crippen molar-refractivity contribution in [2.75, 3.05) is 13.2 Å². The van der Waals surface area contributed by atoms with Crippen molar-refractivity contribution >= 4 is 27.3 Å². The normalized spacial score (nSPS) is 11.8. The summed E-state index contributed by atoms with van der Waals surface area (Å²) in [5, 5.41) is 2.66. The van der Waals surface area contributed by atoms with Crippen LogP contribution in [0.3, 0.4) is 0 Å². The molecule has 1 aromatic heterocycles. The van der Waals surface area contributed by atoms with Crippen molar-refractivity contribution in [1.29, 1.82) is 0 Å². The highest BCUT2D eigenvalue weighted by molar-refractivity contribution is 9.10. The van der Waals surface area contributed by atoms with E-state index >= 15 is 0 Å². The van der Waals surface area contributed by atoms with Crippen molar-refractivity contribution in [3.8, 4) is 11.3 Å². The molecule has 0 aliphatic carbocycles. The van der Waals surface area contributed by atoms with E-state index in [1.807, 2.05) is 29.6 Å². The van der Waals surface area contributed by atoms with E-state index in [1.165, 1.54) is 11.3 Å². The Morgan fingerprint density at radius 2 is 1.90 bits per heavy atom. The number of nitrogens with zero attached hydrogens (tertiary/aromatic N) is 1. The lowest BCUT2D eigenvalue weighted by Gasteiger charge is -2.06. The molecule has 0 unspecified atom stereocenters. The lowest BCUT2D eigenvalue weighted by atomic mass is 10.2. The van der Waals surface area contributed by atoms with E-state index in [4.69, 9.17) is 0 Å². The molecule has 0 fully saturated rings. The fraction of sp³-hybridized carbons (Fsp3) is 0.308. The van der Waals surface area contributed by atoms with Gasteiger partial charge in [-0.25, -0.2) is 4.98 Å². The maximum absolute atomic E-state index is 11.9. The van der Waals surface area contributed by atoms with Gasteiger partial charge in [0, 0.05) is 21.8 Å². The molecule has 0 spiro atoms. The zero-order valence-corrected chi connectivity index (χ0v) is 12.7. The number of thiazole rings is 1. The third-order valence-electron chi connectivity index (χ3n) is 2.42. The van der Waals surface area contributed by atoms with Crippen LogP contribution in [0.1, 0.15) is 5.01 Å². The summed E-state index contributed by atoms with van der Waals surface area (Å²) in [6.45, 7) is -1.19. The number of alkyl halides is 3. The van der Waals surface area contributed by atoms with Gasteiger partial charge < -0.3 is 4.74 Å². The minimum Gasteiger partial charge on any atom is -0.372 e. The monoisotopic (exact) mass is 365 g/mol. The van der Waals surface area contributed by atoms with Crippen LogP contribution in [0.25, 0.3) is 11.3 Å². The molecule has 0 amide bonds. The molecule has 0 saturated carbocycles. The molecule has 7 heteroatoms. The number of aromatic nitrogens is 1. The summed E-state index contributed by atoms with van der Waals surface area (Å²) < 4.78 is 41.2. The molecule has 0 aliphatic heterocycles. The first-order valence-corrected chi connectivity index (χ1v) is 7.46. The minimum absolute atomic E-state index is 0.0206. The van der Waals surface area contributed by atoms with Crippen LogP contribution in [0.15, 0.2) is 34.1 Å². The number of rotatable bonds is 5. The van der Waals surface area contributed by atoms with Crippen LogP contribution >= 0.6 is 27.3 Å². The van der Waals surface area contributed by atoms with Crippen LogP contribution in [0, 0.1) is 0 Å². The van der Waals surface area contributed by atoms with Crippen molar-refractivity contribution in [3.05, 3.63) is 39.1 Å². The second-order valence-electron chi connectivity index (χ2n) is 4.05. The van der Waals surface area contributed by atoms with Crippen LogP contribution < -0.4 is 0 Å². The van der Waals surface area contributed by atoms with Crippen molar-refractivity contribution in [2.24, 2.45) is 0 Å². The Morgan fingerprint density at radius 3 is 2.55 bits per heavy atom. The molecule has 0 N–H and O–H groups in total. The lowest BCUT2D eigenvalue weighted by molar-refractivity contribution is -0.173. The smallest absolute Gasteiger partial charge is 0.372 e. The van der Waals surface area contributed by atoms with Crippen molar-refractivity contribution in [2.45, 2.75) is 12.6 Å². The van der Waals surface area contributed by atoms with Crippen LogP contribution in [-0.2, 0) is 11.2 Å². The minimum atomic E-state index is -4.27. The zero-order chi connectivity index (χ0) is 14.6. The summed E-state index contributed by atoms with van der Waals surface area (Å²) in [6.07, 6.45) is -3.89. The summed E-state index contributed by atoms with van der Waals surface area (Å²) in [5.74, 6) is 0. The quantitative estimate of drug-likeness (QED) is 0.716. The third kappa shape index (κ3) is 4.88. The molecule has 0 bridgehead atoms. The molecule has 0 radical (unpaired) electrons. The predicted molar refractivity (Wildman–Crippen MR) is 75.8 cm³/mol. The van der Waals surface area contributed by atoms with Gasteiger partial charge in [-0.2, -0.15) is 13.2 Å². The fourth-order valence-corrected chi connectivity index (χ4v) is 2.58. The Balaban J connectivity index is 1.88. The molecule has 108 valence electrons. The average molecular weight is 366 g/mol. The van der Waals surface area contributed by atoms with E-state index in [9.17, 15) is 13.2 Å². The van der Waals surface area contributed by atoms with E-state index in [0.717, 1.165) is 20.7 Å². The van der Waals surface area contributed by atoms with Gasteiger partial charge in [-0.05, 0) is 12.1 Å². The first kappa shape index (κ1) is 15.5. The number of halogens is 4. The maximum Gasteiger partial charge on any atom is 0.411 e. The van der Waals surface area contributed by atoms with Gasteiger partial charge in [0.15, 0.2) is 0 Å². The van der Waals surface area contributed by atoms with Gasteiger partial charge in [0.1, 0.15) is 6.61 Å². The lowest BCUT2D eigenvalue weighted by Crippen LogP contribution is -2.17. The molecule has 2 rings (SSSR count). The standard InChI is InChI=1S/C13H11BrF3NOS/c14-10-3-1-9(2-4-10)11-7-20-12(18-11)5-6-19-8-13(15,16)17/h1-4,7H,5-6,8H2. The molecule has 2 nitrogen and oxygen atoms in total. The van der Waals surface area contributed by atoms with Crippen molar-refractivity contribution < 1.29 is 17.9 Å². The summed E-state index contributed by atoms with van der Waals surface area (Å²) >= 11 is 4.78. The summed E-state index contributed by atoms with van der Waals surface area (Å²) in [6, 6.07) is 7.70. The van der Waals surface area contributed by atoms with Gasteiger partial charge >= 0.3 is 6.18 Å². The third-order valence-corrected chi connectivity index (χ3v) is 3.85. The second kappa shape index (κ2) is 6.69. The molecule has 1 heterocycles. The Morgan fingerprint density at radius 1 is 1.20 bits per heavy atom. The van der Waals surface area contributed by atoms with E-state index in [-0.39, 0.29) is 6.61 Å². The van der Waals surface area contributed by atoms with Gasteiger partial charge in [-0.1, -0.05) is 28.1 Å². The Bertz CT molecular complexity index is 553. The number of ether oxygens (including phenoxy) is 1. The largest absolute Gasteiger partial charge is 0.411 e. The number of hydrogen-bond acceptors (Lipinski definition) is 3. The molecule has 2 aromatic rings. The van der Waals surface area contributed by atoms with E-state index in [2.05, 4.69) is 25.7 Å². The Labute approximate surface area is 126 Å². The topological polar surface area (TPSA) is 22.1 Å². The van der Waals surface area contributed by atoms with Crippen molar-refractivity contribution in [3.63, 3.8) is 0 Å². The molecular formula is C13H11BrF3NOS. The summed E-state index contributed by atoms with van der Waals surface area (Å²) in [4.78, 5) is 4.39. The summed E-state index contributed by atoms with van der Waals surface area (Å²) in [7, 11) is 0. The highest BCUT2D eigenvalue weighted by atomic mass is 79.9. The Hall–Kier alpha value is -0.920. The maximum atomic E-state index is 11.9. The molecular weight excluding hydrogens is 355 g/mol. The number of hydrogen-bond donors (Lipinski definition) is 0. The number of benzene rings is 1.